The first kappa shape index (κ1) is 77.7. The molecule has 6 aliphatic rings. The number of nitrogens with one attached hydrogen (secondary N) is 2. The van der Waals surface area contributed by atoms with Gasteiger partial charge in [-0.25, -0.2) is 29.0 Å². The van der Waals surface area contributed by atoms with E-state index in [0.29, 0.717) is 19.3 Å². The van der Waals surface area contributed by atoms with Crippen LogP contribution in [0.5, 0.6) is 34.5 Å². The lowest BCUT2D eigenvalue weighted by Crippen LogP contribution is -2.61. The van der Waals surface area contributed by atoms with Crippen LogP contribution in [0, 0.1) is 0 Å². The number of carboxylic acids is 2. The van der Waals surface area contributed by atoms with Crippen molar-refractivity contribution in [2.45, 2.75) is 171 Å². The molecule has 4 aromatic rings. The Morgan fingerprint density at radius 1 is 0.524 bits per heavy atom. The fourth-order valence-electron chi connectivity index (χ4n) is 12.6. The third kappa shape index (κ3) is 16.8. The Balaban J connectivity index is 0.826. The molecule has 0 radical (unpaired) electrons. The molecule has 0 spiro atoms. The van der Waals surface area contributed by atoms with Crippen molar-refractivity contribution in [2.24, 2.45) is 0 Å². The number of rotatable bonds is 25. The maximum atomic E-state index is 14.6. The molecule has 0 saturated carbocycles. The summed E-state index contributed by atoms with van der Waals surface area (Å²) in [6, 6.07) is 11.3. The highest BCUT2D eigenvalue weighted by Gasteiger charge is 2.52. The van der Waals surface area contributed by atoms with Gasteiger partial charge in [-0.3, -0.25) is 19.2 Å². The van der Waals surface area contributed by atoms with Crippen molar-refractivity contribution in [1.29, 1.82) is 0 Å². The van der Waals surface area contributed by atoms with Gasteiger partial charge in [0.25, 0.3) is 23.6 Å². The van der Waals surface area contributed by atoms with E-state index in [9.17, 15) is 89.4 Å². The number of aliphatic hydroxyl groups is 8. The van der Waals surface area contributed by atoms with Crippen molar-refractivity contribution in [3.8, 4) is 34.5 Å². The molecule has 6 amide bonds. The monoisotopic (exact) mass is 1470 g/mol. The van der Waals surface area contributed by atoms with Gasteiger partial charge in [-0.15, -0.1) is 0 Å². The number of benzene rings is 4. The molecule has 2 fully saturated rings. The number of ether oxygens (including phenoxy) is 11. The van der Waals surface area contributed by atoms with Crippen LogP contribution >= 0.6 is 0 Å². The molecular formula is C70H84N6O29. The Morgan fingerprint density at radius 3 is 1.33 bits per heavy atom. The second-order valence-electron chi connectivity index (χ2n) is 26.7. The number of carbonyl (C=O) groups excluding carboxylic acids is 6. The first-order chi connectivity index (χ1) is 49.8. The van der Waals surface area contributed by atoms with Gasteiger partial charge >= 0.3 is 24.1 Å². The molecular weight excluding hydrogens is 1390 g/mol. The van der Waals surface area contributed by atoms with E-state index in [1.165, 1.54) is 91.8 Å². The Hall–Kier alpha value is -9.92. The van der Waals surface area contributed by atoms with Crippen molar-refractivity contribution in [2.75, 3.05) is 57.5 Å². The zero-order valence-electron chi connectivity index (χ0n) is 58.3. The smallest absolute Gasteiger partial charge is 0.416 e. The van der Waals surface area contributed by atoms with E-state index in [4.69, 9.17) is 52.1 Å². The second-order valence-corrected chi connectivity index (χ2v) is 26.7. The molecule has 14 atom stereocenters. The molecule has 0 bridgehead atoms. The molecule has 6 heterocycles. The Bertz CT molecular complexity index is 4030. The van der Waals surface area contributed by atoms with Crippen LogP contribution in [-0.2, 0) is 46.5 Å². The number of methoxy groups -OCH3 is 3. The van der Waals surface area contributed by atoms with Gasteiger partial charge in [-0.1, -0.05) is 23.3 Å². The molecule has 12 N–H and O–H groups in total. The number of unbranched alkanes of at least 4 members (excludes halogenated alkanes) is 2. The van der Waals surface area contributed by atoms with Crippen molar-refractivity contribution in [1.82, 2.24) is 20.4 Å². The highest BCUT2D eigenvalue weighted by atomic mass is 16.7. The highest BCUT2D eigenvalue weighted by molar-refractivity contribution is 6.08. The molecule has 568 valence electrons. The number of hydrogen-bond acceptors (Lipinski definition) is 27. The topological polar surface area (TPSA) is 477 Å². The van der Waals surface area contributed by atoms with Crippen LogP contribution in [0.4, 0.5) is 21.0 Å². The van der Waals surface area contributed by atoms with Crippen LogP contribution in [0.2, 0.25) is 0 Å². The van der Waals surface area contributed by atoms with Crippen LogP contribution in [0.1, 0.15) is 119 Å². The predicted octanol–water partition coefficient (Wildman–Crippen LogP) is 1.97. The fourth-order valence-corrected chi connectivity index (χ4v) is 12.6. The minimum Gasteiger partial charge on any atom is -0.493 e. The summed E-state index contributed by atoms with van der Waals surface area (Å²) in [4.78, 5) is 113. The number of nitrogens with zero attached hydrogens (tertiary/aromatic N) is 4. The number of carbonyl (C=O) groups is 8. The maximum absolute atomic E-state index is 14.6. The minimum absolute atomic E-state index is 0.00716. The molecule has 105 heavy (non-hydrogen) atoms. The number of fused-ring (bicyclic) bond motifs is 4. The first-order valence-corrected chi connectivity index (χ1v) is 33.4. The number of amides is 6. The van der Waals surface area contributed by atoms with Crippen LogP contribution in [0.25, 0.3) is 0 Å². The summed E-state index contributed by atoms with van der Waals surface area (Å²) in [7, 11) is 4.10. The quantitative estimate of drug-likeness (QED) is 0.0422. The van der Waals surface area contributed by atoms with Crippen molar-refractivity contribution in [3.05, 3.63) is 118 Å². The summed E-state index contributed by atoms with van der Waals surface area (Å²) < 4.78 is 62.7. The summed E-state index contributed by atoms with van der Waals surface area (Å²) in [6.45, 7) is 7.63. The summed E-state index contributed by atoms with van der Waals surface area (Å²) >= 11 is 0. The van der Waals surface area contributed by atoms with Crippen molar-refractivity contribution < 1.29 is 142 Å². The third-order valence-corrected chi connectivity index (χ3v) is 17.9. The highest BCUT2D eigenvalue weighted by Crippen LogP contribution is 2.45. The number of hydrogen-bond donors (Lipinski definition) is 12. The van der Waals surface area contributed by atoms with Gasteiger partial charge in [0.1, 0.15) is 61.3 Å². The Labute approximate surface area is 600 Å². The Morgan fingerprint density at radius 2 is 0.943 bits per heavy atom. The van der Waals surface area contributed by atoms with E-state index in [0.717, 1.165) is 20.9 Å². The molecule has 4 aromatic carbocycles. The molecule has 10 rings (SSSR count). The number of anilines is 2. The molecule has 0 aromatic heterocycles. The molecule has 2 saturated heterocycles. The SMILES string of the molecule is COCCNC(=O)c1cc(COC(=O)N2c3cc(OCCCCCOc4cc5c(cc4OC)C(=O)N4C=C(C)C[C@H]4C(O)N5C(=O)OCc4ccc(O[C@@H]5O[C@H](C(=O)O)[C@@H](O)[C@H](O)[C@H]5O)c(C(=O)NC(C)(C)C)c4)c(OC)cc3C(=O)N3C=C(C)C[C@H]3C2O)ccc1O[C@@H]1O[C@H](C(=O)O)[C@@H](O)[C@H](O)[C@H]1O. The van der Waals surface area contributed by atoms with Crippen LogP contribution in [-0.4, -0.2) is 248 Å². The van der Waals surface area contributed by atoms with Gasteiger partial charge in [-0.05, 0) is 114 Å². The van der Waals surface area contributed by atoms with E-state index in [2.05, 4.69) is 10.6 Å². The zero-order valence-corrected chi connectivity index (χ0v) is 58.3. The number of aliphatic hydroxyl groups excluding tert-OH is 8. The lowest BCUT2D eigenvalue weighted by Gasteiger charge is -2.38. The van der Waals surface area contributed by atoms with Gasteiger partial charge in [0, 0.05) is 43.7 Å². The number of aliphatic carboxylic acids is 2. The van der Waals surface area contributed by atoms with E-state index in [-0.39, 0.29) is 118 Å². The van der Waals surface area contributed by atoms with Gasteiger partial charge in [0.15, 0.2) is 47.7 Å². The minimum atomic E-state index is -2.03. The van der Waals surface area contributed by atoms with Gasteiger partial charge in [-0.2, -0.15) is 0 Å². The van der Waals surface area contributed by atoms with E-state index in [1.807, 2.05) is 0 Å². The van der Waals surface area contributed by atoms with Crippen LogP contribution in [0.15, 0.2) is 84.2 Å². The van der Waals surface area contributed by atoms with Gasteiger partial charge < -0.3 is 124 Å². The fraction of sp³-hybridized carbons (Fsp3) is 0.486. The standard InChI is InChI=1S/C70H84N6O29/c1-32-20-42-62(87)75(68(93)100-30-34-12-14-44(38(22-34)58(83)71-16-19-95-6)102-66-54(81)50(77)52(79)56(104-66)64(89)90)40-26-48(46(96-7)24-36(40)60(85)73(42)28-32)98-17-10-9-11-18-99-49-27-41-37(25-47(49)97-8)61(86)74-29-33(2)21-43(74)63(88)76(41)69(94)101-31-35-13-15-45(39(23-35)59(84)72-70(3,4)5)103-67-55(82)51(78)53(80)57(105-67)65(91)92/h12-15,22-29,42-43,50-57,62-63,66-67,77-82,87-88H,9-11,16-21,30-31H2,1-8H3,(H,71,83)(H,72,84)(H,89,90)(H,91,92)/t42-,43-,50-,51-,52-,53-,54+,55+,56-,57-,62?,63?,66+,67+/m0/s1. The molecule has 35 nitrogen and oxygen atoms in total. The average molecular weight is 1470 g/mol. The molecule has 6 aliphatic heterocycles. The predicted molar refractivity (Wildman–Crippen MR) is 359 cm³/mol. The van der Waals surface area contributed by atoms with Crippen molar-refractivity contribution in [3.63, 3.8) is 0 Å². The van der Waals surface area contributed by atoms with E-state index < -0.39 is 152 Å². The summed E-state index contributed by atoms with van der Waals surface area (Å²) in [5.41, 5.74) is 0.191. The largest absolute Gasteiger partial charge is 0.493 e. The Kier molecular flexibility index (Phi) is 24.1. The average Bonchev–Trinajstić information content (AvgIpc) is 1.62. The van der Waals surface area contributed by atoms with Crippen molar-refractivity contribution >= 4 is 59.1 Å². The van der Waals surface area contributed by atoms with Gasteiger partial charge in [0.05, 0.1) is 79.8 Å². The van der Waals surface area contributed by atoms with Gasteiger partial charge in [0.2, 0.25) is 12.6 Å². The summed E-state index contributed by atoms with van der Waals surface area (Å²) in [5.74, 6) is -6.21. The normalized spacial score (nSPS) is 25.6. The third-order valence-electron chi connectivity index (χ3n) is 17.9. The van der Waals surface area contributed by atoms with E-state index >= 15 is 0 Å². The lowest BCUT2D eigenvalue weighted by molar-refractivity contribution is -0.271. The summed E-state index contributed by atoms with van der Waals surface area (Å²) in [6.07, 6.45) is -20.9. The molecule has 0 aliphatic carbocycles. The maximum Gasteiger partial charge on any atom is 0.416 e. The molecule has 35 heteroatoms. The van der Waals surface area contributed by atoms with Crippen LogP contribution < -0.4 is 48.9 Å². The van der Waals surface area contributed by atoms with E-state index in [1.54, 1.807) is 47.0 Å². The summed E-state index contributed by atoms with van der Waals surface area (Å²) in [5, 5.41) is 112. The van der Waals surface area contributed by atoms with Crippen LogP contribution in [0.3, 0.4) is 0 Å². The first-order valence-electron chi connectivity index (χ1n) is 33.4. The zero-order chi connectivity index (χ0) is 76.2. The number of carboxylic acid groups (broad SMARTS) is 2. The second kappa shape index (κ2) is 32.6. The molecule has 2 unspecified atom stereocenters. The lowest BCUT2D eigenvalue weighted by atomic mass is 9.99.